The highest BCUT2D eigenvalue weighted by molar-refractivity contribution is 5.62. The maximum Gasteiger partial charge on any atom is 0.101 e. The van der Waals surface area contributed by atoms with Crippen LogP contribution in [0.3, 0.4) is 0 Å². The Morgan fingerprint density at radius 2 is 2.11 bits per heavy atom. The second-order valence-corrected chi connectivity index (χ2v) is 4.75. The largest absolute Gasteiger partial charge is 0.399 e. The van der Waals surface area contributed by atoms with E-state index in [0.29, 0.717) is 11.3 Å². The number of rotatable bonds is 5. The zero-order chi connectivity index (χ0) is 12.8. The van der Waals surface area contributed by atoms with Gasteiger partial charge in [0.15, 0.2) is 0 Å². The quantitative estimate of drug-likeness (QED) is 0.614. The zero-order valence-electron chi connectivity index (χ0n) is 10.7. The molecule has 4 nitrogen and oxygen atoms in total. The van der Waals surface area contributed by atoms with Gasteiger partial charge in [0, 0.05) is 12.2 Å². The molecule has 0 saturated carbocycles. The molecule has 96 valence electrons. The van der Waals surface area contributed by atoms with Crippen LogP contribution in [0, 0.1) is 11.3 Å². The Bertz CT molecular complexity index is 430. The van der Waals surface area contributed by atoms with Gasteiger partial charge in [0.25, 0.3) is 0 Å². The minimum atomic E-state index is 0.621. The summed E-state index contributed by atoms with van der Waals surface area (Å²) in [6.45, 7) is 4.52. The van der Waals surface area contributed by atoms with Gasteiger partial charge in [-0.1, -0.05) is 0 Å². The molecule has 0 aliphatic carbocycles. The van der Waals surface area contributed by atoms with E-state index in [1.165, 1.54) is 25.9 Å². The fourth-order valence-electron chi connectivity index (χ4n) is 2.34. The van der Waals surface area contributed by atoms with Crippen molar-refractivity contribution in [1.29, 1.82) is 5.26 Å². The van der Waals surface area contributed by atoms with Crippen molar-refractivity contribution < 1.29 is 0 Å². The summed E-state index contributed by atoms with van der Waals surface area (Å²) in [6.07, 6.45) is 3.78. The second-order valence-electron chi connectivity index (χ2n) is 4.75. The van der Waals surface area contributed by atoms with Crippen molar-refractivity contribution in [3.8, 4) is 6.07 Å². The molecule has 0 amide bonds. The monoisotopic (exact) mass is 244 g/mol. The van der Waals surface area contributed by atoms with Crippen molar-refractivity contribution in [1.82, 2.24) is 4.90 Å². The SMILES string of the molecule is N#Cc1cc(N)ccc1NCCCN1CCCC1. The van der Waals surface area contributed by atoms with Crippen LogP contribution in [-0.4, -0.2) is 31.1 Å². The third kappa shape index (κ3) is 3.38. The minimum Gasteiger partial charge on any atom is -0.399 e. The van der Waals surface area contributed by atoms with Gasteiger partial charge in [-0.25, -0.2) is 0 Å². The van der Waals surface area contributed by atoms with E-state index >= 15 is 0 Å². The molecule has 2 rings (SSSR count). The molecule has 18 heavy (non-hydrogen) atoms. The first-order valence-electron chi connectivity index (χ1n) is 6.55. The zero-order valence-corrected chi connectivity index (χ0v) is 10.7. The van der Waals surface area contributed by atoms with E-state index in [9.17, 15) is 0 Å². The van der Waals surface area contributed by atoms with E-state index in [1.807, 2.05) is 12.1 Å². The number of benzene rings is 1. The Kier molecular flexibility index (Phi) is 4.43. The van der Waals surface area contributed by atoms with Crippen molar-refractivity contribution in [3.05, 3.63) is 23.8 Å². The van der Waals surface area contributed by atoms with Crippen LogP contribution in [0.1, 0.15) is 24.8 Å². The van der Waals surface area contributed by atoms with Crippen molar-refractivity contribution in [3.63, 3.8) is 0 Å². The molecule has 1 heterocycles. The van der Waals surface area contributed by atoms with Crippen LogP contribution in [0.15, 0.2) is 18.2 Å². The lowest BCUT2D eigenvalue weighted by atomic mass is 10.1. The number of nitriles is 1. The van der Waals surface area contributed by atoms with Gasteiger partial charge < -0.3 is 16.0 Å². The summed E-state index contributed by atoms with van der Waals surface area (Å²) in [5.41, 5.74) is 7.79. The lowest BCUT2D eigenvalue weighted by molar-refractivity contribution is 0.337. The third-order valence-electron chi connectivity index (χ3n) is 3.33. The van der Waals surface area contributed by atoms with Gasteiger partial charge in [-0.05, 0) is 57.1 Å². The number of likely N-dealkylation sites (tertiary alicyclic amines) is 1. The van der Waals surface area contributed by atoms with Crippen LogP contribution in [0.4, 0.5) is 11.4 Å². The van der Waals surface area contributed by atoms with Gasteiger partial charge in [0.1, 0.15) is 6.07 Å². The summed E-state index contributed by atoms with van der Waals surface area (Å²) in [5.74, 6) is 0. The predicted octanol–water partition coefficient (Wildman–Crippen LogP) is 2.04. The Morgan fingerprint density at radius 3 is 2.83 bits per heavy atom. The normalized spacial score (nSPS) is 15.5. The molecule has 0 unspecified atom stereocenters. The summed E-state index contributed by atoms with van der Waals surface area (Å²) in [5, 5.41) is 12.3. The van der Waals surface area contributed by atoms with E-state index in [-0.39, 0.29) is 0 Å². The smallest absolute Gasteiger partial charge is 0.101 e. The number of nitrogen functional groups attached to an aromatic ring is 1. The van der Waals surface area contributed by atoms with Crippen molar-refractivity contribution in [2.45, 2.75) is 19.3 Å². The van der Waals surface area contributed by atoms with Crippen LogP contribution in [0.2, 0.25) is 0 Å². The molecular formula is C14H20N4. The van der Waals surface area contributed by atoms with Gasteiger partial charge in [-0.15, -0.1) is 0 Å². The van der Waals surface area contributed by atoms with E-state index < -0.39 is 0 Å². The number of hydrogen-bond acceptors (Lipinski definition) is 4. The van der Waals surface area contributed by atoms with Crippen LogP contribution in [0.25, 0.3) is 0 Å². The summed E-state index contributed by atoms with van der Waals surface area (Å²) in [7, 11) is 0. The molecule has 1 aromatic carbocycles. The standard InChI is InChI=1S/C14H20N4/c15-11-12-10-13(16)4-5-14(12)17-6-3-9-18-7-1-2-8-18/h4-5,10,17H,1-3,6-9,16H2. The molecule has 3 N–H and O–H groups in total. The Labute approximate surface area is 108 Å². The first-order chi connectivity index (χ1) is 8.79. The highest BCUT2D eigenvalue weighted by Crippen LogP contribution is 2.17. The molecule has 0 bridgehead atoms. The molecule has 1 aliphatic rings. The lowest BCUT2D eigenvalue weighted by Gasteiger charge is -2.15. The third-order valence-corrected chi connectivity index (χ3v) is 3.33. The summed E-state index contributed by atoms with van der Waals surface area (Å²) in [4.78, 5) is 2.50. The van der Waals surface area contributed by atoms with Crippen LogP contribution < -0.4 is 11.1 Å². The maximum atomic E-state index is 9.02. The van der Waals surface area contributed by atoms with Gasteiger partial charge >= 0.3 is 0 Å². The average molecular weight is 244 g/mol. The van der Waals surface area contributed by atoms with Crippen molar-refractivity contribution in [2.24, 2.45) is 0 Å². The lowest BCUT2D eigenvalue weighted by Crippen LogP contribution is -2.22. The second kappa shape index (κ2) is 6.27. The fraction of sp³-hybridized carbons (Fsp3) is 0.500. The highest BCUT2D eigenvalue weighted by Gasteiger charge is 2.10. The number of anilines is 2. The Balaban J connectivity index is 1.77. The molecule has 1 fully saturated rings. The molecule has 0 spiro atoms. The van der Waals surface area contributed by atoms with Crippen LogP contribution >= 0.6 is 0 Å². The van der Waals surface area contributed by atoms with Crippen LogP contribution in [-0.2, 0) is 0 Å². The van der Waals surface area contributed by atoms with E-state index in [0.717, 1.165) is 25.2 Å². The first-order valence-corrected chi connectivity index (χ1v) is 6.55. The predicted molar refractivity (Wildman–Crippen MR) is 74.4 cm³/mol. The molecule has 1 saturated heterocycles. The van der Waals surface area contributed by atoms with Crippen molar-refractivity contribution >= 4 is 11.4 Å². The summed E-state index contributed by atoms with van der Waals surface area (Å²) in [6, 6.07) is 7.58. The number of nitrogens with two attached hydrogens (primary N) is 1. The first kappa shape index (κ1) is 12.7. The van der Waals surface area contributed by atoms with Gasteiger partial charge in [-0.3, -0.25) is 0 Å². The molecule has 1 aliphatic heterocycles. The average Bonchev–Trinajstić information content (AvgIpc) is 2.89. The van der Waals surface area contributed by atoms with Crippen LogP contribution in [0.5, 0.6) is 0 Å². The van der Waals surface area contributed by atoms with Crippen molar-refractivity contribution in [2.75, 3.05) is 37.2 Å². The number of nitrogens with one attached hydrogen (secondary N) is 1. The summed E-state index contributed by atoms with van der Waals surface area (Å²) < 4.78 is 0. The van der Waals surface area contributed by atoms with Gasteiger partial charge in [-0.2, -0.15) is 5.26 Å². The molecular weight excluding hydrogens is 224 g/mol. The molecule has 0 radical (unpaired) electrons. The molecule has 0 atom stereocenters. The Hall–Kier alpha value is -1.73. The molecule has 0 aromatic heterocycles. The number of nitrogens with zero attached hydrogens (tertiary/aromatic N) is 2. The molecule has 1 aromatic rings. The Morgan fingerprint density at radius 1 is 1.33 bits per heavy atom. The minimum absolute atomic E-state index is 0.621. The molecule has 4 heteroatoms. The topological polar surface area (TPSA) is 65.1 Å². The highest BCUT2D eigenvalue weighted by atomic mass is 15.1. The van der Waals surface area contributed by atoms with E-state index in [4.69, 9.17) is 11.0 Å². The number of hydrogen-bond donors (Lipinski definition) is 2. The van der Waals surface area contributed by atoms with E-state index in [1.54, 1.807) is 6.07 Å². The maximum absolute atomic E-state index is 9.02. The summed E-state index contributed by atoms with van der Waals surface area (Å²) >= 11 is 0. The van der Waals surface area contributed by atoms with Gasteiger partial charge in [0.2, 0.25) is 0 Å². The fourth-order valence-corrected chi connectivity index (χ4v) is 2.34. The van der Waals surface area contributed by atoms with E-state index in [2.05, 4.69) is 16.3 Å². The van der Waals surface area contributed by atoms with Gasteiger partial charge in [0.05, 0.1) is 11.3 Å².